The SMILES string of the molecule is N#C[C@@H](Nc1ccc(C(F)(F)F)cc1)c1ccccc1. The molecule has 0 heterocycles. The van der Waals surface area contributed by atoms with Gasteiger partial charge in [0.1, 0.15) is 6.04 Å². The molecule has 2 aromatic rings. The van der Waals surface area contributed by atoms with Gasteiger partial charge in [0, 0.05) is 5.69 Å². The molecule has 2 nitrogen and oxygen atoms in total. The molecule has 20 heavy (non-hydrogen) atoms. The summed E-state index contributed by atoms with van der Waals surface area (Å²) in [6.45, 7) is 0. The van der Waals surface area contributed by atoms with Crippen molar-refractivity contribution < 1.29 is 13.2 Å². The van der Waals surface area contributed by atoms with Crippen LogP contribution in [0.1, 0.15) is 17.2 Å². The number of nitrogens with zero attached hydrogens (tertiary/aromatic N) is 1. The van der Waals surface area contributed by atoms with Crippen LogP contribution in [0, 0.1) is 11.3 Å². The highest BCUT2D eigenvalue weighted by atomic mass is 19.4. The van der Waals surface area contributed by atoms with E-state index in [4.69, 9.17) is 5.26 Å². The maximum Gasteiger partial charge on any atom is 0.416 e. The normalized spacial score (nSPS) is 12.5. The Morgan fingerprint density at radius 1 is 0.950 bits per heavy atom. The van der Waals surface area contributed by atoms with Crippen LogP contribution in [0.2, 0.25) is 0 Å². The quantitative estimate of drug-likeness (QED) is 0.902. The molecule has 0 bridgehead atoms. The van der Waals surface area contributed by atoms with Gasteiger partial charge in [0.15, 0.2) is 0 Å². The zero-order valence-electron chi connectivity index (χ0n) is 10.4. The summed E-state index contributed by atoms with van der Waals surface area (Å²) in [5.41, 5.74) is 0.513. The van der Waals surface area contributed by atoms with Gasteiger partial charge in [-0.25, -0.2) is 0 Å². The molecule has 0 aliphatic heterocycles. The van der Waals surface area contributed by atoms with Crippen molar-refractivity contribution in [3.05, 3.63) is 65.7 Å². The number of rotatable bonds is 3. The molecule has 0 saturated heterocycles. The van der Waals surface area contributed by atoms with Crippen molar-refractivity contribution >= 4 is 5.69 Å². The molecule has 0 aromatic heterocycles. The lowest BCUT2D eigenvalue weighted by Crippen LogP contribution is -2.09. The van der Waals surface area contributed by atoms with Crippen LogP contribution in [0.5, 0.6) is 0 Å². The highest BCUT2D eigenvalue weighted by molar-refractivity contribution is 5.48. The van der Waals surface area contributed by atoms with E-state index in [0.29, 0.717) is 5.69 Å². The Morgan fingerprint density at radius 3 is 2.05 bits per heavy atom. The molecule has 2 rings (SSSR count). The second kappa shape index (κ2) is 5.66. The van der Waals surface area contributed by atoms with E-state index in [2.05, 4.69) is 11.4 Å². The Hall–Kier alpha value is -2.48. The Labute approximate surface area is 114 Å². The Kier molecular flexibility index (Phi) is 3.94. The van der Waals surface area contributed by atoms with Crippen molar-refractivity contribution in [2.75, 3.05) is 5.32 Å². The summed E-state index contributed by atoms with van der Waals surface area (Å²) in [6.07, 6.45) is -4.35. The predicted octanol–water partition coefficient (Wildman–Crippen LogP) is 4.38. The van der Waals surface area contributed by atoms with Crippen LogP contribution in [0.3, 0.4) is 0 Å². The molecule has 0 amide bonds. The molecule has 0 radical (unpaired) electrons. The van der Waals surface area contributed by atoms with Gasteiger partial charge in [-0.15, -0.1) is 0 Å². The van der Waals surface area contributed by atoms with Gasteiger partial charge < -0.3 is 5.32 Å². The molecule has 0 aliphatic rings. The lowest BCUT2D eigenvalue weighted by atomic mass is 10.1. The number of alkyl halides is 3. The van der Waals surface area contributed by atoms with Crippen molar-refractivity contribution in [2.45, 2.75) is 12.2 Å². The molecule has 0 saturated carbocycles. The number of hydrogen-bond acceptors (Lipinski definition) is 2. The fourth-order valence-corrected chi connectivity index (χ4v) is 1.76. The van der Waals surface area contributed by atoms with Gasteiger partial charge in [-0.05, 0) is 29.8 Å². The summed E-state index contributed by atoms with van der Waals surface area (Å²) >= 11 is 0. The van der Waals surface area contributed by atoms with E-state index in [0.717, 1.165) is 17.7 Å². The zero-order chi connectivity index (χ0) is 14.6. The van der Waals surface area contributed by atoms with Crippen LogP contribution in [-0.2, 0) is 6.18 Å². The number of nitrogens with one attached hydrogen (secondary N) is 1. The molecule has 0 fully saturated rings. The standard InChI is InChI=1S/C15H11F3N2/c16-15(17,18)12-6-8-13(9-7-12)20-14(10-19)11-4-2-1-3-5-11/h1-9,14,20H/t14-/m1/s1. The van der Waals surface area contributed by atoms with Crippen LogP contribution in [0.4, 0.5) is 18.9 Å². The van der Waals surface area contributed by atoms with Crippen LogP contribution in [0.25, 0.3) is 0 Å². The second-order valence-corrected chi connectivity index (χ2v) is 4.19. The van der Waals surface area contributed by atoms with E-state index in [1.54, 1.807) is 24.3 Å². The summed E-state index contributed by atoms with van der Waals surface area (Å²) in [5, 5.41) is 12.0. The van der Waals surface area contributed by atoms with Crippen LogP contribution >= 0.6 is 0 Å². The van der Waals surface area contributed by atoms with E-state index in [1.165, 1.54) is 12.1 Å². The lowest BCUT2D eigenvalue weighted by molar-refractivity contribution is -0.137. The van der Waals surface area contributed by atoms with Gasteiger partial charge in [-0.2, -0.15) is 18.4 Å². The van der Waals surface area contributed by atoms with Crippen molar-refractivity contribution in [3.63, 3.8) is 0 Å². The summed E-state index contributed by atoms with van der Waals surface area (Å²) < 4.78 is 37.3. The minimum Gasteiger partial charge on any atom is -0.366 e. The first kappa shape index (κ1) is 13.9. The van der Waals surface area contributed by atoms with Gasteiger partial charge in [0.2, 0.25) is 0 Å². The third-order valence-electron chi connectivity index (χ3n) is 2.79. The Morgan fingerprint density at radius 2 is 1.55 bits per heavy atom. The summed E-state index contributed by atoms with van der Waals surface area (Å²) in [7, 11) is 0. The van der Waals surface area contributed by atoms with Gasteiger partial charge in [0.25, 0.3) is 0 Å². The average Bonchev–Trinajstić information content (AvgIpc) is 2.45. The minimum absolute atomic E-state index is 0.466. The first-order valence-electron chi connectivity index (χ1n) is 5.89. The largest absolute Gasteiger partial charge is 0.416 e. The number of nitriles is 1. The highest BCUT2D eigenvalue weighted by Gasteiger charge is 2.30. The number of anilines is 1. The molecule has 0 spiro atoms. The molecule has 5 heteroatoms. The zero-order valence-corrected chi connectivity index (χ0v) is 10.4. The summed E-state index contributed by atoms with van der Waals surface area (Å²) in [4.78, 5) is 0. The molecule has 0 aliphatic carbocycles. The van der Waals surface area contributed by atoms with Gasteiger partial charge >= 0.3 is 6.18 Å². The van der Waals surface area contributed by atoms with Crippen molar-refractivity contribution in [1.82, 2.24) is 0 Å². The smallest absolute Gasteiger partial charge is 0.366 e. The molecule has 1 N–H and O–H groups in total. The van der Waals surface area contributed by atoms with E-state index in [-0.39, 0.29) is 0 Å². The van der Waals surface area contributed by atoms with E-state index >= 15 is 0 Å². The molecule has 1 atom stereocenters. The highest BCUT2D eigenvalue weighted by Crippen LogP contribution is 2.30. The van der Waals surface area contributed by atoms with Crippen LogP contribution in [-0.4, -0.2) is 0 Å². The maximum absolute atomic E-state index is 12.4. The van der Waals surface area contributed by atoms with E-state index in [9.17, 15) is 13.2 Å². The molecule has 0 unspecified atom stereocenters. The fraction of sp³-hybridized carbons (Fsp3) is 0.133. The third-order valence-corrected chi connectivity index (χ3v) is 2.79. The second-order valence-electron chi connectivity index (χ2n) is 4.19. The number of hydrogen-bond donors (Lipinski definition) is 1. The molecule has 2 aromatic carbocycles. The summed E-state index contributed by atoms with van der Waals surface area (Å²) in [5.74, 6) is 0. The van der Waals surface area contributed by atoms with Crippen molar-refractivity contribution in [3.8, 4) is 6.07 Å². The van der Waals surface area contributed by atoms with E-state index in [1.807, 2.05) is 6.07 Å². The Balaban J connectivity index is 2.15. The first-order chi connectivity index (χ1) is 9.50. The van der Waals surface area contributed by atoms with Gasteiger partial charge in [-0.1, -0.05) is 30.3 Å². The molecular weight excluding hydrogens is 265 g/mol. The maximum atomic E-state index is 12.4. The van der Waals surface area contributed by atoms with Crippen LogP contribution < -0.4 is 5.32 Å². The first-order valence-corrected chi connectivity index (χ1v) is 5.89. The number of benzene rings is 2. The summed E-state index contributed by atoms with van der Waals surface area (Å²) in [6, 6.07) is 15.1. The van der Waals surface area contributed by atoms with Crippen molar-refractivity contribution in [1.29, 1.82) is 5.26 Å². The van der Waals surface area contributed by atoms with Gasteiger partial charge in [-0.3, -0.25) is 0 Å². The number of halogens is 3. The van der Waals surface area contributed by atoms with Crippen molar-refractivity contribution in [2.24, 2.45) is 0 Å². The average molecular weight is 276 g/mol. The monoisotopic (exact) mass is 276 g/mol. The van der Waals surface area contributed by atoms with Gasteiger partial charge in [0.05, 0.1) is 11.6 Å². The fourth-order valence-electron chi connectivity index (χ4n) is 1.76. The van der Waals surface area contributed by atoms with E-state index < -0.39 is 17.8 Å². The molecule has 102 valence electrons. The third kappa shape index (κ3) is 3.29. The van der Waals surface area contributed by atoms with Crippen LogP contribution in [0.15, 0.2) is 54.6 Å². The topological polar surface area (TPSA) is 35.8 Å². The minimum atomic E-state index is -4.35. The Bertz CT molecular complexity index is 598. The predicted molar refractivity (Wildman–Crippen MR) is 69.9 cm³/mol. The molecular formula is C15H11F3N2. The lowest BCUT2D eigenvalue weighted by Gasteiger charge is -2.14.